The molecule has 4 rings (SSSR count). The van der Waals surface area contributed by atoms with Crippen LogP contribution in [0.25, 0.3) is 0 Å². The van der Waals surface area contributed by atoms with Crippen LogP contribution in [0.4, 0.5) is 15.8 Å². The van der Waals surface area contributed by atoms with Crippen molar-refractivity contribution < 1.29 is 4.39 Å². The molecule has 2 aliphatic heterocycles. The predicted octanol–water partition coefficient (Wildman–Crippen LogP) is 3.62. The molecule has 1 unspecified atom stereocenters. The molecule has 2 aliphatic rings. The van der Waals surface area contributed by atoms with E-state index in [0.29, 0.717) is 11.7 Å². The maximum Gasteiger partial charge on any atom is 0.150 e. The molecule has 118 valence electrons. The van der Waals surface area contributed by atoms with Crippen molar-refractivity contribution in [3.8, 4) is 0 Å². The van der Waals surface area contributed by atoms with Crippen molar-refractivity contribution in [2.75, 3.05) is 24.5 Å². The van der Waals surface area contributed by atoms with Gasteiger partial charge in [-0.2, -0.15) is 0 Å². The van der Waals surface area contributed by atoms with Gasteiger partial charge in [-0.25, -0.2) is 4.39 Å². The summed E-state index contributed by atoms with van der Waals surface area (Å²) < 4.78 is 14.0. The van der Waals surface area contributed by atoms with E-state index in [9.17, 15) is 4.39 Å². The molecular weight excluding hydrogens is 289 g/mol. The maximum absolute atomic E-state index is 14.0. The second kappa shape index (κ2) is 6.13. The number of nitrogens with zero attached hydrogens (tertiary/aromatic N) is 3. The summed E-state index contributed by atoms with van der Waals surface area (Å²) in [5.41, 5.74) is 2.77. The number of hydrogen-bond acceptors (Lipinski definition) is 3. The second-order valence-corrected chi connectivity index (χ2v) is 6.22. The molecule has 0 spiro atoms. The normalized spacial score (nSPS) is 20.7. The fourth-order valence-corrected chi connectivity index (χ4v) is 3.55. The van der Waals surface area contributed by atoms with Crippen LogP contribution in [0.15, 0.2) is 53.5 Å². The van der Waals surface area contributed by atoms with Crippen LogP contribution < -0.4 is 4.90 Å². The van der Waals surface area contributed by atoms with E-state index in [1.54, 1.807) is 6.07 Å². The highest BCUT2D eigenvalue weighted by Gasteiger charge is 2.30. The number of aliphatic imine (C=N–C) groups is 1. The van der Waals surface area contributed by atoms with Gasteiger partial charge in [-0.3, -0.25) is 9.89 Å². The van der Waals surface area contributed by atoms with Gasteiger partial charge in [-0.1, -0.05) is 36.4 Å². The first-order valence-electron chi connectivity index (χ1n) is 8.15. The molecular formula is C19H20FN3. The quantitative estimate of drug-likeness (QED) is 0.844. The van der Waals surface area contributed by atoms with Gasteiger partial charge in [0.2, 0.25) is 0 Å². The van der Waals surface area contributed by atoms with Gasteiger partial charge in [0.25, 0.3) is 0 Å². The predicted molar refractivity (Wildman–Crippen MR) is 92.0 cm³/mol. The molecule has 3 nitrogen and oxygen atoms in total. The van der Waals surface area contributed by atoms with Crippen LogP contribution in [-0.4, -0.2) is 36.8 Å². The third kappa shape index (κ3) is 2.86. The summed E-state index contributed by atoms with van der Waals surface area (Å²) in [5.74, 6) is -0.230. The molecule has 1 saturated heterocycles. The SMILES string of the molecule is Fc1cccc2c1N=CCC1CN(Cc3ccccc3)CCN21. The Labute approximate surface area is 136 Å². The van der Waals surface area contributed by atoms with Crippen LogP contribution in [0, 0.1) is 5.82 Å². The van der Waals surface area contributed by atoms with Crippen molar-refractivity contribution in [3.63, 3.8) is 0 Å². The Hall–Kier alpha value is -2.20. The average molecular weight is 309 g/mol. The van der Waals surface area contributed by atoms with Crippen LogP contribution in [0.1, 0.15) is 12.0 Å². The van der Waals surface area contributed by atoms with Crippen LogP contribution >= 0.6 is 0 Å². The molecule has 0 radical (unpaired) electrons. The number of benzene rings is 2. The van der Waals surface area contributed by atoms with Crippen molar-refractivity contribution in [1.82, 2.24) is 4.90 Å². The minimum Gasteiger partial charge on any atom is -0.364 e. The van der Waals surface area contributed by atoms with Gasteiger partial charge in [0.1, 0.15) is 5.69 Å². The molecule has 0 aromatic heterocycles. The first-order chi connectivity index (χ1) is 11.3. The lowest BCUT2D eigenvalue weighted by atomic mass is 10.1. The van der Waals surface area contributed by atoms with Gasteiger partial charge in [-0.05, 0) is 17.7 Å². The second-order valence-electron chi connectivity index (χ2n) is 6.22. The van der Waals surface area contributed by atoms with Crippen LogP contribution in [-0.2, 0) is 6.54 Å². The Balaban J connectivity index is 1.54. The molecule has 1 fully saturated rings. The Bertz CT molecular complexity index is 714. The molecule has 2 aromatic carbocycles. The van der Waals surface area contributed by atoms with Gasteiger partial charge in [0.15, 0.2) is 5.82 Å². The third-order valence-electron chi connectivity index (χ3n) is 4.69. The first-order valence-corrected chi connectivity index (χ1v) is 8.15. The summed E-state index contributed by atoms with van der Waals surface area (Å²) in [4.78, 5) is 9.17. The lowest BCUT2D eigenvalue weighted by Gasteiger charge is -2.42. The Morgan fingerprint density at radius 3 is 2.78 bits per heavy atom. The zero-order chi connectivity index (χ0) is 15.6. The van der Waals surface area contributed by atoms with Crippen molar-refractivity contribution in [2.45, 2.75) is 19.0 Å². The standard InChI is InChI=1S/C19H20FN3/c20-17-7-4-8-18-19(17)21-10-9-16-14-22(11-12-23(16)18)13-15-5-2-1-3-6-15/h1-8,10,16H,9,11-14H2. The molecule has 0 amide bonds. The van der Waals surface area contributed by atoms with Crippen LogP contribution in [0.3, 0.4) is 0 Å². The summed E-state index contributed by atoms with van der Waals surface area (Å²) in [7, 11) is 0. The van der Waals surface area contributed by atoms with E-state index in [1.165, 1.54) is 11.6 Å². The molecule has 4 heteroatoms. The smallest absolute Gasteiger partial charge is 0.150 e. The lowest BCUT2D eigenvalue weighted by Crippen LogP contribution is -2.52. The Morgan fingerprint density at radius 2 is 1.91 bits per heavy atom. The topological polar surface area (TPSA) is 18.8 Å². The zero-order valence-electron chi connectivity index (χ0n) is 13.0. The van der Waals surface area contributed by atoms with E-state index >= 15 is 0 Å². The molecule has 0 N–H and O–H groups in total. The number of anilines is 1. The summed E-state index contributed by atoms with van der Waals surface area (Å²) in [5, 5.41) is 0. The molecule has 0 aliphatic carbocycles. The molecule has 2 heterocycles. The number of hydrogen-bond donors (Lipinski definition) is 0. The summed E-state index contributed by atoms with van der Waals surface area (Å²) in [6.07, 6.45) is 2.73. The number of piperazine rings is 1. The van der Waals surface area contributed by atoms with Gasteiger partial charge >= 0.3 is 0 Å². The molecule has 23 heavy (non-hydrogen) atoms. The molecule has 2 aromatic rings. The third-order valence-corrected chi connectivity index (χ3v) is 4.69. The van der Waals surface area contributed by atoms with Gasteiger partial charge in [0.05, 0.1) is 5.69 Å². The Kier molecular flexibility index (Phi) is 3.83. The largest absolute Gasteiger partial charge is 0.364 e. The van der Waals surface area contributed by atoms with E-state index in [2.05, 4.69) is 45.1 Å². The fourth-order valence-electron chi connectivity index (χ4n) is 3.55. The van der Waals surface area contributed by atoms with Crippen molar-refractivity contribution >= 4 is 17.6 Å². The minimum absolute atomic E-state index is 0.230. The zero-order valence-corrected chi connectivity index (χ0v) is 13.0. The van der Waals surface area contributed by atoms with E-state index in [1.807, 2.05) is 12.3 Å². The summed E-state index contributed by atoms with van der Waals surface area (Å²) in [6.45, 7) is 3.86. The van der Waals surface area contributed by atoms with Crippen molar-refractivity contribution in [3.05, 3.63) is 59.9 Å². The van der Waals surface area contributed by atoms with E-state index < -0.39 is 0 Å². The van der Waals surface area contributed by atoms with Gasteiger partial charge in [-0.15, -0.1) is 0 Å². The lowest BCUT2D eigenvalue weighted by molar-refractivity contribution is 0.217. The highest BCUT2D eigenvalue weighted by molar-refractivity contribution is 5.77. The number of halogens is 1. The molecule has 0 saturated carbocycles. The maximum atomic E-state index is 14.0. The molecule has 0 bridgehead atoms. The first kappa shape index (κ1) is 14.4. The highest BCUT2D eigenvalue weighted by atomic mass is 19.1. The number of para-hydroxylation sites is 1. The van der Waals surface area contributed by atoms with E-state index in [0.717, 1.165) is 38.3 Å². The van der Waals surface area contributed by atoms with Crippen LogP contribution in [0.5, 0.6) is 0 Å². The van der Waals surface area contributed by atoms with E-state index in [4.69, 9.17) is 0 Å². The summed E-state index contributed by atoms with van der Waals surface area (Å²) in [6, 6.07) is 16.2. The van der Waals surface area contributed by atoms with Crippen molar-refractivity contribution in [1.29, 1.82) is 0 Å². The number of rotatable bonds is 2. The van der Waals surface area contributed by atoms with Crippen LogP contribution in [0.2, 0.25) is 0 Å². The fraction of sp³-hybridized carbons (Fsp3) is 0.316. The minimum atomic E-state index is -0.230. The average Bonchev–Trinajstić information content (AvgIpc) is 2.76. The highest BCUT2D eigenvalue weighted by Crippen LogP contribution is 2.36. The van der Waals surface area contributed by atoms with Gasteiger partial charge in [0, 0.05) is 44.9 Å². The molecule has 1 atom stereocenters. The summed E-state index contributed by atoms with van der Waals surface area (Å²) >= 11 is 0. The van der Waals surface area contributed by atoms with E-state index in [-0.39, 0.29) is 5.82 Å². The van der Waals surface area contributed by atoms with Gasteiger partial charge < -0.3 is 4.90 Å². The Morgan fingerprint density at radius 1 is 1.04 bits per heavy atom. The van der Waals surface area contributed by atoms with Crippen molar-refractivity contribution in [2.24, 2.45) is 4.99 Å². The monoisotopic (exact) mass is 309 g/mol. The number of fused-ring (bicyclic) bond motifs is 3.